The Morgan fingerprint density at radius 2 is 1.71 bits per heavy atom. The molecule has 0 bridgehead atoms. The average molecular weight is 313 g/mol. The summed E-state index contributed by atoms with van der Waals surface area (Å²) in [4.78, 5) is -0.762. The maximum atomic E-state index is 13.5. The van der Waals surface area contributed by atoms with Gasteiger partial charge in [0.1, 0.15) is 16.5 Å². The fraction of sp³-hybridized carbons (Fsp3) is 0.143. The smallest absolute Gasteiger partial charge is 0.264 e. The molecule has 7 heteroatoms. The molecule has 21 heavy (non-hydrogen) atoms. The van der Waals surface area contributed by atoms with Crippen molar-refractivity contribution in [2.45, 2.75) is 17.9 Å². The summed E-state index contributed by atoms with van der Waals surface area (Å²) in [6.07, 6.45) is -0.684. The second-order valence-corrected chi connectivity index (χ2v) is 6.13. The number of aliphatic hydroxyl groups is 1. The Labute approximate surface area is 121 Å². The summed E-state index contributed by atoms with van der Waals surface area (Å²) in [7, 11) is -4.23. The monoisotopic (exact) mass is 313 g/mol. The lowest BCUT2D eigenvalue weighted by atomic mass is 10.1. The van der Waals surface area contributed by atoms with Crippen molar-refractivity contribution in [2.75, 3.05) is 4.72 Å². The highest BCUT2D eigenvalue weighted by Gasteiger charge is 2.20. The first kappa shape index (κ1) is 15.4. The highest BCUT2D eigenvalue weighted by molar-refractivity contribution is 7.92. The largest absolute Gasteiger partial charge is 0.389 e. The van der Waals surface area contributed by atoms with E-state index in [1.165, 1.54) is 24.3 Å². The molecule has 1 unspecified atom stereocenters. The number of rotatable bonds is 4. The highest BCUT2D eigenvalue weighted by atomic mass is 32.2. The molecular formula is C14H13F2NO3S. The van der Waals surface area contributed by atoms with Gasteiger partial charge in [-0.05, 0) is 42.8 Å². The summed E-state index contributed by atoms with van der Waals surface area (Å²) >= 11 is 0. The van der Waals surface area contributed by atoms with E-state index in [4.69, 9.17) is 0 Å². The Bertz CT molecular complexity index is 743. The molecule has 2 rings (SSSR count). The van der Waals surface area contributed by atoms with Crippen LogP contribution in [0, 0.1) is 11.6 Å². The Morgan fingerprint density at radius 1 is 1.10 bits per heavy atom. The Balaban J connectivity index is 2.31. The van der Waals surface area contributed by atoms with Crippen LogP contribution >= 0.6 is 0 Å². The van der Waals surface area contributed by atoms with Gasteiger partial charge in [-0.2, -0.15) is 0 Å². The van der Waals surface area contributed by atoms with E-state index in [2.05, 4.69) is 4.72 Å². The SMILES string of the molecule is CC(O)c1ccc(NS(=O)(=O)c2cc(F)ccc2F)cc1. The van der Waals surface area contributed by atoms with Crippen LogP contribution in [0.25, 0.3) is 0 Å². The number of sulfonamides is 1. The number of aliphatic hydroxyl groups excluding tert-OH is 1. The minimum absolute atomic E-state index is 0.183. The molecule has 0 heterocycles. The number of hydrogen-bond acceptors (Lipinski definition) is 3. The molecule has 112 valence electrons. The molecule has 2 N–H and O–H groups in total. The van der Waals surface area contributed by atoms with Crippen molar-refractivity contribution in [3.63, 3.8) is 0 Å². The second-order valence-electron chi connectivity index (χ2n) is 4.48. The Hall–Kier alpha value is -1.99. The van der Waals surface area contributed by atoms with Gasteiger partial charge in [-0.1, -0.05) is 12.1 Å². The summed E-state index contributed by atoms with van der Waals surface area (Å²) < 4.78 is 52.8. The maximum Gasteiger partial charge on any atom is 0.264 e. The lowest BCUT2D eigenvalue weighted by Gasteiger charge is -2.10. The zero-order valence-electron chi connectivity index (χ0n) is 11.0. The van der Waals surface area contributed by atoms with E-state index in [0.29, 0.717) is 11.6 Å². The number of halogens is 2. The van der Waals surface area contributed by atoms with Gasteiger partial charge in [0.15, 0.2) is 0 Å². The molecule has 0 aliphatic rings. The van der Waals surface area contributed by atoms with Gasteiger partial charge < -0.3 is 5.11 Å². The number of benzene rings is 2. The van der Waals surface area contributed by atoms with Crippen LogP contribution in [0.3, 0.4) is 0 Å². The van der Waals surface area contributed by atoms with Crippen molar-refractivity contribution in [3.8, 4) is 0 Å². The minimum Gasteiger partial charge on any atom is -0.389 e. The molecule has 0 saturated heterocycles. The summed E-state index contributed by atoms with van der Waals surface area (Å²) in [6, 6.07) is 8.12. The van der Waals surface area contributed by atoms with Crippen molar-refractivity contribution in [1.29, 1.82) is 0 Å². The van der Waals surface area contributed by atoms with Crippen LogP contribution in [0.5, 0.6) is 0 Å². The zero-order chi connectivity index (χ0) is 15.6. The van der Waals surface area contributed by atoms with Gasteiger partial charge in [0.2, 0.25) is 0 Å². The molecule has 0 fully saturated rings. The number of nitrogens with one attached hydrogen (secondary N) is 1. The third-order valence-electron chi connectivity index (χ3n) is 2.83. The van der Waals surface area contributed by atoms with Gasteiger partial charge in [-0.25, -0.2) is 17.2 Å². The molecule has 1 atom stereocenters. The van der Waals surface area contributed by atoms with Crippen molar-refractivity contribution < 1.29 is 22.3 Å². The van der Waals surface area contributed by atoms with E-state index in [1.807, 2.05) is 0 Å². The molecule has 0 aliphatic carbocycles. The fourth-order valence-electron chi connectivity index (χ4n) is 1.72. The number of anilines is 1. The molecule has 2 aromatic carbocycles. The van der Waals surface area contributed by atoms with Gasteiger partial charge in [-0.3, -0.25) is 4.72 Å². The Morgan fingerprint density at radius 3 is 2.29 bits per heavy atom. The first-order chi connectivity index (χ1) is 9.79. The molecule has 0 aliphatic heterocycles. The summed E-state index contributed by atoms with van der Waals surface area (Å²) in [5.41, 5.74) is 0.790. The van der Waals surface area contributed by atoms with Gasteiger partial charge in [0, 0.05) is 5.69 Å². The van der Waals surface area contributed by atoms with Crippen LogP contribution in [-0.4, -0.2) is 13.5 Å². The topological polar surface area (TPSA) is 66.4 Å². The lowest BCUT2D eigenvalue weighted by Crippen LogP contribution is -2.15. The van der Waals surface area contributed by atoms with Crippen LogP contribution in [-0.2, 0) is 10.0 Å². The highest BCUT2D eigenvalue weighted by Crippen LogP contribution is 2.21. The standard InChI is InChI=1S/C14H13F2NO3S/c1-9(18)10-2-5-12(6-3-10)17-21(19,20)14-8-11(15)4-7-13(14)16/h2-9,17-18H,1H3. The van der Waals surface area contributed by atoms with Gasteiger partial charge >= 0.3 is 0 Å². The predicted molar refractivity (Wildman–Crippen MR) is 74.2 cm³/mol. The van der Waals surface area contributed by atoms with Crippen LogP contribution in [0.1, 0.15) is 18.6 Å². The molecule has 0 saturated carbocycles. The summed E-state index contributed by atoms with van der Waals surface area (Å²) in [5, 5.41) is 9.36. The van der Waals surface area contributed by atoms with Gasteiger partial charge in [-0.15, -0.1) is 0 Å². The van der Waals surface area contributed by atoms with Crippen molar-refractivity contribution in [3.05, 3.63) is 59.7 Å². The average Bonchev–Trinajstić information content (AvgIpc) is 2.41. The number of hydrogen-bond donors (Lipinski definition) is 2. The van der Waals surface area contributed by atoms with E-state index in [-0.39, 0.29) is 5.69 Å². The normalized spacial score (nSPS) is 13.0. The Kier molecular flexibility index (Phi) is 4.24. The van der Waals surface area contributed by atoms with E-state index in [1.54, 1.807) is 6.92 Å². The van der Waals surface area contributed by atoms with Crippen molar-refractivity contribution in [2.24, 2.45) is 0 Å². The van der Waals surface area contributed by atoms with Gasteiger partial charge in [0.05, 0.1) is 6.10 Å². The molecule has 2 aromatic rings. The van der Waals surface area contributed by atoms with Crippen LogP contribution in [0.15, 0.2) is 47.4 Å². The molecule has 0 spiro atoms. The molecule has 4 nitrogen and oxygen atoms in total. The quantitative estimate of drug-likeness (QED) is 0.912. The van der Waals surface area contributed by atoms with Crippen LogP contribution < -0.4 is 4.72 Å². The second kappa shape index (κ2) is 5.79. The predicted octanol–water partition coefficient (Wildman–Crippen LogP) is 2.82. The maximum absolute atomic E-state index is 13.5. The molecule has 0 radical (unpaired) electrons. The van der Waals surface area contributed by atoms with E-state index < -0.39 is 32.7 Å². The van der Waals surface area contributed by atoms with Crippen LogP contribution in [0.2, 0.25) is 0 Å². The lowest BCUT2D eigenvalue weighted by molar-refractivity contribution is 0.199. The minimum atomic E-state index is -4.23. The summed E-state index contributed by atoms with van der Waals surface area (Å²) in [6.45, 7) is 1.57. The van der Waals surface area contributed by atoms with E-state index in [9.17, 15) is 22.3 Å². The molecule has 0 aromatic heterocycles. The molecular weight excluding hydrogens is 300 g/mol. The summed E-state index contributed by atoms with van der Waals surface area (Å²) in [5.74, 6) is -1.88. The van der Waals surface area contributed by atoms with E-state index >= 15 is 0 Å². The van der Waals surface area contributed by atoms with E-state index in [0.717, 1.165) is 12.1 Å². The molecule has 0 amide bonds. The van der Waals surface area contributed by atoms with Gasteiger partial charge in [0.25, 0.3) is 10.0 Å². The third-order valence-corrected chi connectivity index (χ3v) is 4.22. The first-order valence-corrected chi connectivity index (χ1v) is 7.54. The first-order valence-electron chi connectivity index (χ1n) is 6.05. The fourth-order valence-corrected chi connectivity index (χ4v) is 2.87. The zero-order valence-corrected chi connectivity index (χ0v) is 11.9. The van der Waals surface area contributed by atoms with Crippen LogP contribution in [0.4, 0.5) is 14.5 Å². The van der Waals surface area contributed by atoms with Crippen molar-refractivity contribution >= 4 is 15.7 Å². The van der Waals surface area contributed by atoms with Crippen molar-refractivity contribution in [1.82, 2.24) is 0 Å². The third kappa shape index (κ3) is 3.56.